The van der Waals surface area contributed by atoms with E-state index in [0.29, 0.717) is 17.9 Å². The van der Waals surface area contributed by atoms with E-state index in [-0.39, 0.29) is 23.3 Å². The van der Waals surface area contributed by atoms with E-state index in [2.05, 4.69) is 10.6 Å². The van der Waals surface area contributed by atoms with Gasteiger partial charge in [0, 0.05) is 19.0 Å². The molecule has 1 rings (SSSR count). The average Bonchev–Trinajstić information content (AvgIpc) is 2.39. The lowest BCUT2D eigenvalue weighted by atomic mass is 10.2. The monoisotopic (exact) mass is 314 g/mol. The summed E-state index contributed by atoms with van der Waals surface area (Å²) < 4.78 is 22.6. The third-order valence-corrected chi connectivity index (χ3v) is 3.95. The van der Waals surface area contributed by atoms with Gasteiger partial charge in [-0.3, -0.25) is 4.79 Å². The number of sulfonamides is 1. The highest BCUT2D eigenvalue weighted by molar-refractivity contribution is 7.89. The fraction of sp³-hybridized carbons (Fsp3) is 0.462. The molecule has 1 aromatic rings. The molecular formula is C13H22N4O3S. The number of nitrogens with two attached hydrogens (primary N) is 2. The summed E-state index contributed by atoms with van der Waals surface area (Å²) in [4.78, 5) is 11.6. The van der Waals surface area contributed by atoms with Crippen LogP contribution < -0.4 is 21.5 Å². The Morgan fingerprint density at radius 1 is 1.38 bits per heavy atom. The fourth-order valence-electron chi connectivity index (χ4n) is 1.63. The molecular weight excluding hydrogens is 292 g/mol. The quantitative estimate of drug-likeness (QED) is 0.549. The number of nitrogens with one attached hydrogen (secondary N) is 2. The molecule has 21 heavy (non-hydrogen) atoms. The van der Waals surface area contributed by atoms with Crippen LogP contribution in [-0.4, -0.2) is 26.9 Å². The maximum absolute atomic E-state index is 11.6. The van der Waals surface area contributed by atoms with Crippen molar-refractivity contribution in [1.82, 2.24) is 5.32 Å². The minimum Gasteiger partial charge on any atom is -0.397 e. The van der Waals surface area contributed by atoms with Gasteiger partial charge in [0.15, 0.2) is 0 Å². The summed E-state index contributed by atoms with van der Waals surface area (Å²) in [6, 6.07) is 4.29. The first kappa shape index (κ1) is 17.3. The lowest BCUT2D eigenvalue weighted by Gasteiger charge is -2.13. The summed E-state index contributed by atoms with van der Waals surface area (Å²) in [6.45, 7) is 4.27. The normalized spacial score (nSPS) is 12.7. The number of primary sulfonamides is 1. The zero-order valence-electron chi connectivity index (χ0n) is 12.2. The van der Waals surface area contributed by atoms with E-state index in [1.54, 1.807) is 0 Å². The number of hydrogen-bond acceptors (Lipinski definition) is 5. The second-order valence-corrected chi connectivity index (χ2v) is 6.41. The van der Waals surface area contributed by atoms with Crippen LogP contribution in [0, 0.1) is 0 Å². The molecule has 0 spiro atoms. The molecule has 0 aromatic heterocycles. The predicted molar refractivity (Wildman–Crippen MR) is 83.2 cm³/mol. The van der Waals surface area contributed by atoms with Crippen LogP contribution in [-0.2, 0) is 14.8 Å². The summed E-state index contributed by atoms with van der Waals surface area (Å²) in [5, 5.41) is 10.8. The average molecular weight is 314 g/mol. The molecule has 7 nitrogen and oxygen atoms in total. The number of benzene rings is 1. The topological polar surface area (TPSA) is 127 Å². The Hall–Kier alpha value is -1.80. The molecule has 118 valence electrons. The number of amides is 1. The van der Waals surface area contributed by atoms with Crippen molar-refractivity contribution in [3.63, 3.8) is 0 Å². The van der Waals surface area contributed by atoms with Gasteiger partial charge in [-0.15, -0.1) is 0 Å². The highest BCUT2D eigenvalue weighted by Crippen LogP contribution is 2.22. The van der Waals surface area contributed by atoms with Gasteiger partial charge in [-0.05, 0) is 31.5 Å². The maximum Gasteiger partial charge on any atom is 0.238 e. The first-order chi connectivity index (χ1) is 9.74. The Morgan fingerprint density at radius 2 is 2.05 bits per heavy atom. The lowest BCUT2D eigenvalue weighted by molar-refractivity contribution is -0.121. The minimum atomic E-state index is -3.78. The van der Waals surface area contributed by atoms with Gasteiger partial charge in [0.25, 0.3) is 0 Å². The Bertz CT molecular complexity index is 601. The molecule has 0 aliphatic rings. The molecule has 0 aliphatic heterocycles. The number of nitrogen functional groups attached to an aromatic ring is 1. The van der Waals surface area contributed by atoms with E-state index >= 15 is 0 Å². The Balaban J connectivity index is 2.62. The van der Waals surface area contributed by atoms with Gasteiger partial charge in [0.1, 0.15) is 0 Å². The van der Waals surface area contributed by atoms with Gasteiger partial charge in [-0.2, -0.15) is 0 Å². The second-order valence-electron chi connectivity index (χ2n) is 4.85. The number of anilines is 2. The van der Waals surface area contributed by atoms with Crippen LogP contribution in [0.5, 0.6) is 0 Å². The molecule has 0 heterocycles. The van der Waals surface area contributed by atoms with E-state index in [1.807, 2.05) is 13.8 Å². The maximum atomic E-state index is 11.6. The summed E-state index contributed by atoms with van der Waals surface area (Å²) >= 11 is 0. The van der Waals surface area contributed by atoms with Crippen LogP contribution in [0.1, 0.15) is 26.7 Å². The van der Waals surface area contributed by atoms with Crippen molar-refractivity contribution < 1.29 is 13.2 Å². The van der Waals surface area contributed by atoms with Crippen LogP contribution in [0.3, 0.4) is 0 Å². The van der Waals surface area contributed by atoms with Crippen LogP contribution >= 0.6 is 0 Å². The van der Waals surface area contributed by atoms with E-state index < -0.39 is 10.0 Å². The Morgan fingerprint density at radius 3 is 2.62 bits per heavy atom. The van der Waals surface area contributed by atoms with Gasteiger partial charge >= 0.3 is 0 Å². The first-order valence-electron chi connectivity index (χ1n) is 6.69. The largest absolute Gasteiger partial charge is 0.397 e. The summed E-state index contributed by atoms with van der Waals surface area (Å²) in [5.74, 6) is -0.0713. The highest BCUT2D eigenvalue weighted by Gasteiger charge is 2.11. The van der Waals surface area contributed by atoms with Crippen molar-refractivity contribution in [2.75, 3.05) is 17.6 Å². The molecule has 1 aromatic carbocycles. The molecule has 1 atom stereocenters. The molecule has 0 fully saturated rings. The standard InChI is InChI=1S/C13H22N4O3S/c1-3-9(2)17-13(18)6-7-16-12-8-10(21(15,19)20)4-5-11(12)14/h4-5,8-9,16H,3,6-7,14H2,1-2H3,(H,17,18)(H2,15,19,20). The lowest BCUT2D eigenvalue weighted by Crippen LogP contribution is -2.33. The third kappa shape index (κ3) is 5.60. The molecule has 0 bridgehead atoms. The zero-order chi connectivity index (χ0) is 16.0. The van der Waals surface area contributed by atoms with E-state index in [9.17, 15) is 13.2 Å². The van der Waals surface area contributed by atoms with Gasteiger partial charge in [-0.1, -0.05) is 6.92 Å². The molecule has 0 radical (unpaired) electrons. The molecule has 0 aliphatic carbocycles. The number of carbonyl (C=O) groups is 1. The van der Waals surface area contributed by atoms with Crippen LogP contribution in [0.2, 0.25) is 0 Å². The number of carbonyl (C=O) groups excluding carboxylic acids is 1. The SMILES string of the molecule is CCC(C)NC(=O)CCNc1cc(S(N)(=O)=O)ccc1N. The van der Waals surface area contributed by atoms with Crippen molar-refractivity contribution in [3.8, 4) is 0 Å². The Kier molecular flexibility index (Phi) is 5.98. The van der Waals surface area contributed by atoms with Crippen molar-refractivity contribution in [1.29, 1.82) is 0 Å². The van der Waals surface area contributed by atoms with Gasteiger partial charge in [-0.25, -0.2) is 13.6 Å². The first-order valence-corrected chi connectivity index (χ1v) is 8.24. The predicted octanol–water partition coefficient (Wildman–Crippen LogP) is 0.633. The van der Waals surface area contributed by atoms with E-state index in [0.717, 1.165) is 6.42 Å². The van der Waals surface area contributed by atoms with Gasteiger partial charge in [0.2, 0.25) is 15.9 Å². The Labute approximate surface area is 125 Å². The zero-order valence-corrected chi connectivity index (χ0v) is 13.0. The highest BCUT2D eigenvalue weighted by atomic mass is 32.2. The summed E-state index contributed by atoms with van der Waals surface area (Å²) in [5.41, 5.74) is 6.59. The van der Waals surface area contributed by atoms with Crippen molar-refractivity contribution >= 4 is 27.3 Å². The molecule has 0 saturated carbocycles. The fourth-order valence-corrected chi connectivity index (χ4v) is 2.17. The minimum absolute atomic E-state index is 0.0248. The van der Waals surface area contributed by atoms with Gasteiger partial charge < -0.3 is 16.4 Å². The van der Waals surface area contributed by atoms with Crippen LogP contribution in [0.4, 0.5) is 11.4 Å². The van der Waals surface area contributed by atoms with Crippen LogP contribution in [0.15, 0.2) is 23.1 Å². The van der Waals surface area contributed by atoms with Gasteiger partial charge in [0.05, 0.1) is 16.3 Å². The van der Waals surface area contributed by atoms with E-state index in [1.165, 1.54) is 18.2 Å². The summed E-state index contributed by atoms with van der Waals surface area (Å²) in [6.07, 6.45) is 1.13. The summed E-state index contributed by atoms with van der Waals surface area (Å²) in [7, 11) is -3.78. The number of rotatable bonds is 7. The van der Waals surface area contributed by atoms with Crippen LogP contribution in [0.25, 0.3) is 0 Å². The number of hydrogen-bond donors (Lipinski definition) is 4. The molecule has 6 N–H and O–H groups in total. The molecule has 1 amide bonds. The second kappa shape index (κ2) is 7.28. The smallest absolute Gasteiger partial charge is 0.238 e. The van der Waals surface area contributed by atoms with Crippen molar-refractivity contribution in [2.45, 2.75) is 37.6 Å². The third-order valence-electron chi connectivity index (χ3n) is 3.04. The van der Waals surface area contributed by atoms with Crippen molar-refractivity contribution in [3.05, 3.63) is 18.2 Å². The molecule has 1 unspecified atom stereocenters. The molecule has 8 heteroatoms. The van der Waals surface area contributed by atoms with Crippen molar-refractivity contribution in [2.24, 2.45) is 5.14 Å². The van der Waals surface area contributed by atoms with E-state index in [4.69, 9.17) is 10.9 Å². The molecule has 0 saturated heterocycles.